The Morgan fingerprint density at radius 3 is 2.60 bits per heavy atom. The molecular formula is C10H14N2O3. The van der Waals surface area contributed by atoms with Gasteiger partial charge in [0.15, 0.2) is 5.76 Å². The van der Waals surface area contributed by atoms with Crippen LogP contribution in [0, 0.1) is 0 Å². The van der Waals surface area contributed by atoms with Gasteiger partial charge in [0.1, 0.15) is 11.8 Å². The summed E-state index contributed by atoms with van der Waals surface area (Å²) in [7, 11) is 0. The maximum absolute atomic E-state index is 11.7. The van der Waals surface area contributed by atoms with Crippen molar-refractivity contribution in [3.8, 4) is 0 Å². The Morgan fingerprint density at radius 1 is 1.27 bits per heavy atom. The molecule has 5 nitrogen and oxygen atoms in total. The molecule has 2 rings (SSSR count). The summed E-state index contributed by atoms with van der Waals surface area (Å²) in [5.41, 5.74) is 0. The van der Waals surface area contributed by atoms with Crippen molar-refractivity contribution >= 4 is 5.78 Å². The van der Waals surface area contributed by atoms with E-state index in [-0.39, 0.29) is 11.5 Å². The highest BCUT2D eigenvalue weighted by Gasteiger charge is 2.34. The smallest absolute Gasteiger partial charge is 0.221 e. The second kappa shape index (κ2) is 4.04. The number of carbonyl (C=O) groups excluding carboxylic acids is 1. The molecule has 0 aromatic rings. The summed E-state index contributed by atoms with van der Waals surface area (Å²) in [5.74, 6) is -0.687. The molecule has 0 aromatic heterocycles. The molecule has 0 spiro atoms. The van der Waals surface area contributed by atoms with Crippen molar-refractivity contribution < 1.29 is 15.0 Å². The second-order valence-electron chi connectivity index (χ2n) is 3.70. The van der Waals surface area contributed by atoms with Crippen molar-refractivity contribution in [2.45, 2.75) is 6.04 Å². The second-order valence-corrected chi connectivity index (χ2v) is 3.70. The number of carbonyl (C=O) groups is 1. The number of piperazine rings is 1. The molecule has 1 atom stereocenters. The summed E-state index contributed by atoms with van der Waals surface area (Å²) >= 11 is 0. The highest BCUT2D eigenvalue weighted by Crippen LogP contribution is 2.18. The first kappa shape index (κ1) is 10.2. The van der Waals surface area contributed by atoms with Gasteiger partial charge in [-0.3, -0.25) is 9.69 Å². The number of rotatable bonds is 1. The van der Waals surface area contributed by atoms with E-state index in [0.717, 1.165) is 13.1 Å². The Labute approximate surface area is 87.7 Å². The Morgan fingerprint density at radius 2 is 1.93 bits per heavy atom. The molecule has 0 saturated carbocycles. The normalized spacial score (nSPS) is 28.5. The fourth-order valence-corrected chi connectivity index (χ4v) is 1.91. The summed E-state index contributed by atoms with van der Waals surface area (Å²) in [6, 6.07) is -0.697. The summed E-state index contributed by atoms with van der Waals surface area (Å²) < 4.78 is 0. The van der Waals surface area contributed by atoms with Crippen molar-refractivity contribution in [1.82, 2.24) is 10.2 Å². The number of hydrogen-bond donors (Lipinski definition) is 3. The molecule has 1 fully saturated rings. The summed E-state index contributed by atoms with van der Waals surface area (Å²) in [5, 5.41) is 22.1. The Balaban J connectivity index is 2.17. The van der Waals surface area contributed by atoms with Crippen molar-refractivity contribution in [3.63, 3.8) is 0 Å². The van der Waals surface area contributed by atoms with Crippen molar-refractivity contribution in [2.75, 3.05) is 26.2 Å². The third-order valence-electron chi connectivity index (χ3n) is 2.71. The molecule has 5 heteroatoms. The fraction of sp³-hybridized carbons (Fsp3) is 0.500. The lowest BCUT2D eigenvalue weighted by molar-refractivity contribution is -0.123. The van der Waals surface area contributed by atoms with Crippen LogP contribution in [-0.4, -0.2) is 53.1 Å². The predicted molar refractivity (Wildman–Crippen MR) is 54.7 cm³/mol. The lowest BCUT2D eigenvalue weighted by Gasteiger charge is -2.34. The largest absolute Gasteiger partial charge is 0.510 e. The molecule has 15 heavy (non-hydrogen) atoms. The maximum Gasteiger partial charge on any atom is 0.221 e. The molecule has 1 heterocycles. The molecule has 1 aliphatic carbocycles. The molecule has 0 aromatic carbocycles. The average Bonchev–Trinajstić information content (AvgIpc) is 2.26. The SMILES string of the molecule is O=C1C(O)=CC=C(O)C1N1CCNCC1. The van der Waals surface area contributed by atoms with E-state index in [1.54, 1.807) is 0 Å². The minimum absolute atomic E-state index is 0.0136. The van der Waals surface area contributed by atoms with E-state index in [4.69, 9.17) is 0 Å². The van der Waals surface area contributed by atoms with Gasteiger partial charge in [-0.25, -0.2) is 0 Å². The molecule has 0 bridgehead atoms. The van der Waals surface area contributed by atoms with Crippen LogP contribution in [0.1, 0.15) is 0 Å². The molecule has 0 radical (unpaired) electrons. The zero-order valence-electron chi connectivity index (χ0n) is 8.31. The molecular weight excluding hydrogens is 196 g/mol. The highest BCUT2D eigenvalue weighted by atomic mass is 16.3. The molecule has 2 aliphatic rings. The Hall–Kier alpha value is -1.33. The third kappa shape index (κ3) is 1.88. The molecule has 3 N–H and O–H groups in total. The Bertz CT molecular complexity index is 328. The summed E-state index contributed by atoms with van der Waals surface area (Å²) in [6.45, 7) is 2.98. The van der Waals surface area contributed by atoms with Crippen LogP contribution in [0.2, 0.25) is 0 Å². The van der Waals surface area contributed by atoms with Gasteiger partial charge in [-0.1, -0.05) is 0 Å². The van der Waals surface area contributed by atoms with Crippen LogP contribution in [0.15, 0.2) is 23.7 Å². The average molecular weight is 210 g/mol. The number of aliphatic hydroxyl groups is 2. The van der Waals surface area contributed by atoms with Gasteiger partial charge in [0.2, 0.25) is 5.78 Å². The summed E-state index contributed by atoms with van der Waals surface area (Å²) in [6.07, 6.45) is 2.61. The topological polar surface area (TPSA) is 72.8 Å². The van der Waals surface area contributed by atoms with Gasteiger partial charge in [-0.2, -0.15) is 0 Å². The third-order valence-corrected chi connectivity index (χ3v) is 2.71. The van der Waals surface area contributed by atoms with Gasteiger partial charge in [-0.05, 0) is 12.2 Å². The van der Waals surface area contributed by atoms with Crippen LogP contribution in [0.5, 0.6) is 0 Å². The number of nitrogens with zero attached hydrogens (tertiary/aromatic N) is 1. The first-order chi connectivity index (χ1) is 7.20. The molecule has 0 amide bonds. The minimum Gasteiger partial charge on any atom is -0.510 e. The van der Waals surface area contributed by atoms with E-state index in [2.05, 4.69) is 5.32 Å². The number of allylic oxidation sites excluding steroid dienone is 2. The van der Waals surface area contributed by atoms with E-state index in [9.17, 15) is 15.0 Å². The Kier molecular flexibility index (Phi) is 2.75. The van der Waals surface area contributed by atoms with E-state index >= 15 is 0 Å². The van der Waals surface area contributed by atoms with E-state index < -0.39 is 11.8 Å². The lowest BCUT2D eigenvalue weighted by atomic mass is 10.0. The number of nitrogens with one attached hydrogen (secondary N) is 1. The number of aliphatic hydroxyl groups excluding tert-OH is 2. The van der Waals surface area contributed by atoms with Gasteiger partial charge in [0.05, 0.1) is 0 Å². The zero-order chi connectivity index (χ0) is 10.8. The summed E-state index contributed by atoms with van der Waals surface area (Å²) in [4.78, 5) is 13.5. The number of hydrogen-bond acceptors (Lipinski definition) is 5. The van der Waals surface area contributed by atoms with Crippen molar-refractivity contribution in [1.29, 1.82) is 0 Å². The van der Waals surface area contributed by atoms with Gasteiger partial charge >= 0.3 is 0 Å². The zero-order valence-corrected chi connectivity index (χ0v) is 8.31. The number of ketones is 1. The first-order valence-electron chi connectivity index (χ1n) is 4.99. The van der Waals surface area contributed by atoms with Gasteiger partial charge < -0.3 is 15.5 Å². The van der Waals surface area contributed by atoms with Gasteiger partial charge in [0.25, 0.3) is 0 Å². The lowest BCUT2D eigenvalue weighted by Crippen LogP contribution is -2.52. The molecule has 1 aliphatic heterocycles. The van der Waals surface area contributed by atoms with Crippen molar-refractivity contribution in [3.05, 3.63) is 23.7 Å². The van der Waals surface area contributed by atoms with Crippen LogP contribution in [0.4, 0.5) is 0 Å². The van der Waals surface area contributed by atoms with E-state index in [1.807, 2.05) is 4.90 Å². The molecule has 82 valence electrons. The van der Waals surface area contributed by atoms with Gasteiger partial charge in [0, 0.05) is 26.2 Å². The van der Waals surface area contributed by atoms with Crippen molar-refractivity contribution in [2.24, 2.45) is 0 Å². The van der Waals surface area contributed by atoms with Crippen LogP contribution in [-0.2, 0) is 4.79 Å². The standard InChI is InChI=1S/C10H14N2O3/c13-7-1-2-8(14)10(15)9(7)12-5-3-11-4-6-12/h1-2,9,11,13-14H,3-6H2. The predicted octanol–water partition coefficient (Wildman–Crippen LogP) is -0.273. The molecule has 1 unspecified atom stereocenters. The maximum atomic E-state index is 11.7. The van der Waals surface area contributed by atoms with Crippen LogP contribution in [0.25, 0.3) is 0 Å². The van der Waals surface area contributed by atoms with E-state index in [0.29, 0.717) is 13.1 Å². The van der Waals surface area contributed by atoms with Crippen LogP contribution >= 0.6 is 0 Å². The highest BCUT2D eigenvalue weighted by molar-refractivity contribution is 6.00. The number of Topliss-reactive ketones (excluding diaryl/α,β-unsaturated/α-hetero) is 1. The van der Waals surface area contributed by atoms with Crippen LogP contribution in [0.3, 0.4) is 0 Å². The van der Waals surface area contributed by atoms with Gasteiger partial charge in [-0.15, -0.1) is 0 Å². The van der Waals surface area contributed by atoms with Crippen LogP contribution < -0.4 is 5.32 Å². The van der Waals surface area contributed by atoms with E-state index in [1.165, 1.54) is 12.2 Å². The quantitative estimate of drug-likeness (QED) is 0.555. The molecule has 1 saturated heterocycles. The minimum atomic E-state index is -0.697. The first-order valence-corrected chi connectivity index (χ1v) is 4.99. The fourth-order valence-electron chi connectivity index (χ4n) is 1.91. The monoisotopic (exact) mass is 210 g/mol.